The van der Waals surface area contributed by atoms with E-state index in [1.54, 1.807) is 0 Å². The zero-order valence-electron chi connectivity index (χ0n) is 8.51. The van der Waals surface area contributed by atoms with Crippen molar-refractivity contribution in [2.24, 2.45) is 11.7 Å². The first-order valence-electron chi connectivity index (χ1n) is 5.49. The minimum atomic E-state index is -0.512. The lowest BCUT2D eigenvalue weighted by Gasteiger charge is -2.23. The maximum atomic E-state index is 11.5. The maximum absolute atomic E-state index is 11.5. The van der Waals surface area contributed by atoms with Gasteiger partial charge in [0.25, 0.3) is 0 Å². The number of hydrogen-bond donors (Lipinski definition) is 3. The monoisotopic (exact) mass is 197 g/mol. The van der Waals surface area contributed by atoms with Crippen LogP contribution in [0.25, 0.3) is 0 Å². The lowest BCUT2D eigenvalue weighted by atomic mass is 9.99. The molecule has 0 spiro atoms. The van der Waals surface area contributed by atoms with E-state index < -0.39 is 5.54 Å². The van der Waals surface area contributed by atoms with Crippen molar-refractivity contribution in [2.45, 2.75) is 31.2 Å². The van der Waals surface area contributed by atoms with Crippen LogP contribution in [0.5, 0.6) is 0 Å². The Morgan fingerprint density at radius 1 is 1.57 bits per heavy atom. The van der Waals surface area contributed by atoms with Gasteiger partial charge >= 0.3 is 0 Å². The molecular weight excluding hydrogens is 178 g/mol. The SMILES string of the molecule is NC1(C(=O)NCC2CCCNC2)CC1. The number of piperidine rings is 1. The van der Waals surface area contributed by atoms with Crippen LogP contribution in [0.15, 0.2) is 0 Å². The summed E-state index contributed by atoms with van der Waals surface area (Å²) in [5.41, 5.74) is 5.27. The first-order valence-corrected chi connectivity index (χ1v) is 5.49. The summed E-state index contributed by atoms with van der Waals surface area (Å²) in [6, 6.07) is 0. The molecule has 1 atom stereocenters. The lowest BCUT2D eigenvalue weighted by Crippen LogP contribution is -2.46. The molecule has 1 aliphatic carbocycles. The summed E-state index contributed by atoms with van der Waals surface area (Å²) in [6.45, 7) is 2.92. The Hall–Kier alpha value is -0.610. The predicted octanol–water partition coefficient (Wildman–Crippen LogP) is -0.407. The molecule has 1 heterocycles. The van der Waals surface area contributed by atoms with Gasteiger partial charge in [-0.05, 0) is 44.7 Å². The number of hydrogen-bond acceptors (Lipinski definition) is 3. The molecule has 1 amide bonds. The van der Waals surface area contributed by atoms with Crippen LogP contribution in [0, 0.1) is 5.92 Å². The quantitative estimate of drug-likeness (QED) is 0.576. The Bertz CT molecular complexity index is 219. The van der Waals surface area contributed by atoms with Crippen LogP contribution >= 0.6 is 0 Å². The molecule has 0 bridgehead atoms. The van der Waals surface area contributed by atoms with E-state index in [2.05, 4.69) is 10.6 Å². The van der Waals surface area contributed by atoms with Crippen LogP contribution in [-0.4, -0.2) is 31.1 Å². The predicted molar refractivity (Wildman–Crippen MR) is 54.8 cm³/mol. The Labute approximate surface area is 84.6 Å². The zero-order valence-corrected chi connectivity index (χ0v) is 8.51. The summed E-state index contributed by atoms with van der Waals surface area (Å²) in [6.07, 6.45) is 4.13. The van der Waals surface area contributed by atoms with Gasteiger partial charge in [0, 0.05) is 6.54 Å². The third kappa shape index (κ3) is 2.25. The van der Waals surface area contributed by atoms with Crippen molar-refractivity contribution in [1.82, 2.24) is 10.6 Å². The summed E-state index contributed by atoms with van der Waals surface area (Å²) in [5.74, 6) is 0.637. The molecule has 80 valence electrons. The average molecular weight is 197 g/mol. The van der Waals surface area contributed by atoms with E-state index in [0.717, 1.165) is 32.5 Å². The minimum absolute atomic E-state index is 0.0445. The van der Waals surface area contributed by atoms with Gasteiger partial charge in [0.05, 0.1) is 5.54 Å². The van der Waals surface area contributed by atoms with E-state index in [9.17, 15) is 4.79 Å². The summed E-state index contributed by atoms with van der Waals surface area (Å²) in [5, 5.41) is 6.28. The van der Waals surface area contributed by atoms with Gasteiger partial charge in [0.2, 0.25) is 5.91 Å². The summed E-state index contributed by atoms with van der Waals surface area (Å²) >= 11 is 0. The molecule has 1 saturated carbocycles. The number of nitrogens with one attached hydrogen (secondary N) is 2. The molecule has 4 heteroatoms. The number of carbonyl (C=O) groups is 1. The highest BCUT2D eigenvalue weighted by atomic mass is 16.2. The van der Waals surface area contributed by atoms with Crippen molar-refractivity contribution in [3.8, 4) is 0 Å². The van der Waals surface area contributed by atoms with E-state index >= 15 is 0 Å². The molecule has 0 aromatic rings. The normalized spacial score (nSPS) is 29.6. The highest BCUT2D eigenvalue weighted by Crippen LogP contribution is 2.32. The van der Waals surface area contributed by atoms with Gasteiger partial charge in [-0.15, -0.1) is 0 Å². The average Bonchev–Trinajstić information content (AvgIpc) is 2.96. The van der Waals surface area contributed by atoms with Gasteiger partial charge in [-0.3, -0.25) is 4.79 Å². The second-order valence-electron chi connectivity index (χ2n) is 4.58. The second kappa shape index (κ2) is 3.87. The Morgan fingerprint density at radius 3 is 2.93 bits per heavy atom. The lowest BCUT2D eigenvalue weighted by molar-refractivity contribution is -0.123. The van der Waals surface area contributed by atoms with E-state index in [1.165, 1.54) is 12.8 Å². The third-order valence-electron chi connectivity index (χ3n) is 3.19. The minimum Gasteiger partial charge on any atom is -0.354 e. The van der Waals surface area contributed by atoms with Crippen molar-refractivity contribution in [3.63, 3.8) is 0 Å². The maximum Gasteiger partial charge on any atom is 0.240 e. The summed E-state index contributed by atoms with van der Waals surface area (Å²) < 4.78 is 0. The van der Waals surface area contributed by atoms with Gasteiger partial charge < -0.3 is 16.4 Å². The molecule has 2 rings (SSSR count). The van der Waals surface area contributed by atoms with Crippen molar-refractivity contribution in [1.29, 1.82) is 0 Å². The Morgan fingerprint density at radius 2 is 2.36 bits per heavy atom. The Balaban J connectivity index is 1.68. The first-order chi connectivity index (χ1) is 6.71. The molecule has 2 aliphatic rings. The van der Waals surface area contributed by atoms with Crippen LogP contribution in [0.2, 0.25) is 0 Å². The number of nitrogens with two attached hydrogens (primary N) is 1. The molecule has 0 aromatic heterocycles. The van der Waals surface area contributed by atoms with E-state index in [0.29, 0.717) is 5.92 Å². The fourth-order valence-electron chi connectivity index (χ4n) is 1.87. The first kappa shape index (κ1) is 9.93. The summed E-state index contributed by atoms with van der Waals surface area (Å²) in [7, 11) is 0. The van der Waals surface area contributed by atoms with Crippen molar-refractivity contribution in [2.75, 3.05) is 19.6 Å². The van der Waals surface area contributed by atoms with Crippen LogP contribution < -0.4 is 16.4 Å². The number of amides is 1. The number of rotatable bonds is 3. The molecule has 14 heavy (non-hydrogen) atoms. The molecule has 2 fully saturated rings. The second-order valence-corrected chi connectivity index (χ2v) is 4.58. The van der Waals surface area contributed by atoms with Gasteiger partial charge in [-0.2, -0.15) is 0 Å². The van der Waals surface area contributed by atoms with Gasteiger partial charge in [0.1, 0.15) is 0 Å². The Kier molecular flexibility index (Phi) is 2.74. The van der Waals surface area contributed by atoms with E-state index in [4.69, 9.17) is 5.73 Å². The van der Waals surface area contributed by atoms with Crippen LogP contribution in [0.1, 0.15) is 25.7 Å². The highest BCUT2D eigenvalue weighted by molar-refractivity contribution is 5.88. The van der Waals surface area contributed by atoms with E-state index in [1.807, 2.05) is 0 Å². The van der Waals surface area contributed by atoms with Gasteiger partial charge in [-0.1, -0.05) is 0 Å². The molecule has 4 nitrogen and oxygen atoms in total. The number of carbonyl (C=O) groups excluding carboxylic acids is 1. The van der Waals surface area contributed by atoms with Crippen molar-refractivity contribution < 1.29 is 4.79 Å². The zero-order chi connectivity index (χ0) is 10.0. The van der Waals surface area contributed by atoms with Crippen LogP contribution in [-0.2, 0) is 4.79 Å². The third-order valence-corrected chi connectivity index (χ3v) is 3.19. The van der Waals surface area contributed by atoms with Crippen molar-refractivity contribution >= 4 is 5.91 Å². The molecule has 0 aromatic carbocycles. The molecular formula is C10H19N3O. The van der Waals surface area contributed by atoms with Gasteiger partial charge in [0.15, 0.2) is 0 Å². The standard InChI is InChI=1S/C10H19N3O/c11-10(3-4-10)9(14)13-7-8-2-1-5-12-6-8/h8,12H,1-7,11H2,(H,13,14). The molecule has 1 saturated heterocycles. The fourth-order valence-corrected chi connectivity index (χ4v) is 1.87. The summed E-state index contributed by atoms with van der Waals surface area (Å²) in [4.78, 5) is 11.5. The van der Waals surface area contributed by atoms with Gasteiger partial charge in [-0.25, -0.2) is 0 Å². The molecule has 4 N–H and O–H groups in total. The molecule has 0 radical (unpaired) electrons. The smallest absolute Gasteiger partial charge is 0.240 e. The van der Waals surface area contributed by atoms with Crippen molar-refractivity contribution in [3.05, 3.63) is 0 Å². The highest BCUT2D eigenvalue weighted by Gasteiger charge is 2.45. The van der Waals surface area contributed by atoms with Crippen LogP contribution in [0.4, 0.5) is 0 Å². The topological polar surface area (TPSA) is 67.2 Å². The molecule has 1 unspecified atom stereocenters. The largest absolute Gasteiger partial charge is 0.354 e. The van der Waals surface area contributed by atoms with E-state index in [-0.39, 0.29) is 5.91 Å². The van der Waals surface area contributed by atoms with Crippen LogP contribution in [0.3, 0.4) is 0 Å². The fraction of sp³-hybridized carbons (Fsp3) is 0.900. The molecule has 1 aliphatic heterocycles.